The minimum absolute atomic E-state index is 0.202. The van der Waals surface area contributed by atoms with Gasteiger partial charge in [-0.1, -0.05) is 44.9 Å². The van der Waals surface area contributed by atoms with E-state index in [0.29, 0.717) is 12.0 Å². The molecule has 21 heavy (non-hydrogen) atoms. The lowest BCUT2D eigenvalue weighted by atomic mass is 9.96. The predicted octanol–water partition coefficient (Wildman–Crippen LogP) is 3.04. The Labute approximate surface area is 129 Å². The molecule has 1 saturated heterocycles. The van der Waals surface area contributed by atoms with Crippen molar-refractivity contribution in [1.82, 2.24) is 5.32 Å². The molecule has 0 radical (unpaired) electrons. The molecule has 0 aromatic heterocycles. The number of para-hydroxylation sites is 1. The lowest BCUT2D eigenvalue weighted by Crippen LogP contribution is -2.45. The first-order chi connectivity index (χ1) is 10.2. The zero-order valence-corrected chi connectivity index (χ0v) is 13.5. The van der Waals surface area contributed by atoms with Crippen LogP contribution in [0.2, 0.25) is 0 Å². The molecule has 1 aromatic carbocycles. The summed E-state index contributed by atoms with van der Waals surface area (Å²) >= 11 is 0. The van der Waals surface area contributed by atoms with Crippen LogP contribution < -0.4 is 10.2 Å². The Bertz CT molecular complexity index is 383. The van der Waals surface area contributed by atoms with Crippen molar-refractivity contribution >= 4 is 5.69 Å². The monoisotopic (exact) mass is 290 g/mol. The van der Waals surface area contributed by atoms with Crippen LogP contribution in [-0.4, -0.2) is 36.9 Å². The highest BCUT2D eigenvalue weighted by molar-refractivity contribution is 5.46. The highest BCUT2D eigenvalue weighted by Gasteiger charge is 2.21. The van der Waals surface area contributed by atoms with Crippen LogP contribution in [0.5, 0.6) is 0 Å². The Morgan fingerprint density at radius 3 is 2.33 bits per heavy atom. The van der Waals surface area contributed by atoms with E-state index in [-0.39, 0.29) is 6.10 Å². The Kier molecular flexibility index (Phi) is 6.52. The van der Waals surface area contributed by atoms with Crippen molar-refractivity contribution in [3.63, 3.8) is 0 Å². The molecule has 0 saturated carbocycles. The van der Waals surface area contributed by atoms with E-state index in [1.807, 2.05) is 0 Å². The lowest BCUT2D eigenvalue weighted by molar-refractivity contribution is 0.0971. The van der Waals surface area contributed by atoms with Crippen LogP contribution in [0, 0.1) is 5.92 Å². The Morgan fingerprint density at radius 1 is 1.14 bits per heavy atom. The summed E-state index contributed by atoms with van der Waals surface area (Å²) in [7, 11) is 0. The number of hydrogen-bond acceptors (Lipinski definition) is 3. The Morgan fingerprint density at radius 2 is 1.76 bits per heavy atom. The second-order valence-electron chi connectivity index (χ2n) is 6.15. The van der Waals surface area contributed by atoms with Crippen molar-refractivity contribution in [2.75, 3.05) is 24.5 Å². The van der Waals surface area contributed by atoms with Crippen LogP contribution in [0.15, 0.2) is 30.3 Å². The number of benzene rings is 1. The molecule has 1 aliphatic heterocycles. The molecule has 2 N–H and O–H groups in total. The second-order valence-corrected chi connectivity index (χ2v) is 6.15. The maximum atomic E-state index is 10.2. The minimum Gasteiger partial charge on any atom is -0.392 e. The van der Waals surface area contributed by atoms with Gasteiger partial charge in [0, 0.05) is 31.4 Å². The number of hydrogen-bond donors (Lipinski definition) is 2. The van der Waals surface area contributed by atoms with Crippen molar-refractivity contribution < 1.29 is 5.11 Å². The molecule has 3 heteroatoms. The van der Waals surface area contributed by atoms with Gasteiger partial charge in [-0.3, -0.25) is 0 Å². The normalized spacial score (nSPS) is 18.2. The molecular formula is C18H30N2O. The summed E-state index contributed by atoms with van der Waals surface area (Å²) in [5.74, 6) is 0.432. The van der Waals surface area contributed by atoms with Gasteiger partial charge in [0.15, 0.2) is 0 Å². The van der Waals surface area contributed by atoms with Gasteiger partial charge in [0.1, 0.15) is 0 Å². The van der Waals surface area contributed by atoms with Crippen LogP contribution in [0.4, 0.5) is 5.69 Å². The van der Waals surface area contributed by atoms with Crippen molar-refractivity contribution in [2.24, 2.45) is 5.92 Å². The van der Waals surface area contributed by atoms with Crippen LogP contribution in [-0.2, 0) is 0 Å². The van der Waals surface area contributed by atoms with Gasteiger partial charge in [-0.2, -0.15) is 0 Å². The van der Waals surface area contributed by atoms with Crippen molar-refractivity contribution in [3.8, 4) is 0 Å². The summed E-state index contributed by atoms with van der Waals surface area (Å²) < 4.78 is 0. The third-order valence-corrected chi connectivity index (χ3v) is 4.82. The molecule has 0 amide bonds. The van der Waals surface area contributed by atoms with Crippen molar-refractivity contribution in [1.29, 1.82) is 0 Å². The molecule has 0 aliphatic carbocycles. The fourth-order valence-corrected chi connectivity index (χ4v) is 3.27. The minimum atomic E-state index is -0.202. The van der Waals surface area contributed by atoms with Gasteiger partial charge in [-0.15, -0.1) is 0 Å². The SMILES string of the molecule is CCC(CC)C(O)CNC1CCN(c2ccccc2)CC1. The smallest absolute Gasteiger partial charge is 0.0692 e. The maximum absolute atomic E-state index is 10.2. The average Bonchev–Trinajstić information content (AvgIpc) is 2.55. The Hall–Kier alpha value is -1.06. The number of nitrogens with one attached hydrogen (secondary N) is 1. The van der Waals surface area contributed by atoms with Gasteiger partial charge < -0.3 is 15.3 Å². The van der Waals surface area contributed by atoms with E-state index in [9.17, 15) is 5.11 Å². The Balaban J connectivity index is 1.72. The van der Waals surface area contributed by atoms with Crippen molar-refractivity contribution in [3.05, 3.63) is 30.3 Å². The number of aliphatic hydroxyl groups is 1. The molecule has 2 rings (SSSR count). The van der Waals surface area contributed by atoms with Gasteiger partial charge in [0.25, 0.3) is 0 Å². The molecule has 1 heterocycles. The van der Waals surface area contributed by atoms with Gasteiger partial charge in [0.2, 0.25) is 0 Å². The first-order valence-corrected chi connectivity index (χ1v) is 8.46. The summed E-state index contributed by atoms with van der Waals surface area (Å²) in [5.41, 5.74) is 1.33. The molecule has 3 nitrogen and oxygen atoms in total. The van der Waals surface area contributed by atoms with E-state index in [0.717, 1.165) is 45.3 Å². The van der Waals surface area contributed by atoms with Crippen LogP contribution >= 0.6 is 0 Å². The quantitative estimate of drug-likeness (QED) is 0.810. The van der Waals surface area contributed by atoms with Crippen molar-refractivity contribution in [2.45, 2.75) is 51.7 Å². The largest absolute Gasteiger partial charge is 0.392 e. The third kappa shape index (κ3) is 4.72. The summed E-state index contributed by atoms with van der Waals surface area (Å²) in [4.78, 5) is 2.45. The van der Waals surface area contributed by atoms with Crippen LogP contribution in [0.25, 0.3) is 0 Å². The molecule has 1 aliphatic rings. The lowest BCUT2D eigenvalue weighted by Gasteiger charge is -2.34. The van der Waals surface area contributed by atoms with Crippen LogP contribution in [0.3, 0.4) is 0 Å². The number of rotatable bonds is 7. The van der Waals surface area contributed by atoms with E-state index >= 15 is 0 Å². The van der Waals surface area contributed by atoms with E-state index in [1.54, 1.807) is 0 Å². The molecule has 0 bridgehead atoms. The van der Waals surface area contributed by atoms with Crippen LogP contribution in [0.1, 0.15) is 39.5 Å². The van der Waals surface area contributed by atoms with Gasteiger partial charge >= 0.3 is 0 Å². The number of aliphatic hydroxyl groups excluding tert-OH is 1. The zero-order chi connectivity index (χ0) is 15.1. The topological polar surface area (TPSA) is 35.5 Å². The fraction of sp³-hybridized carbons (Fsp3) is 0.667. The van der Waals surface area contributed by atoms with E-state index < -0.39 is 0 Å². The highest BCUT2D eigenvalue weighted by atomic mass is 16.3. The first kappa shape index (κ1) is 16.3. The standard InChI is InChI=1S/C18H30N2O/c1-3-15(4-2)18(21)14-19-16-10-12-20(13-11-16)17-8-6-5-7-9-17/h5-9,15-16,18-19,21H,3-4,10-14H2,1-2H3. The molecular weight excluding hydrogens is 260 g/mol. The zero-order valence-electron chi connectivity index (χ0n) is 13.5. The molecule has 1 atom stereocenters. The average molecular weight is 290 g/mol. The third-order valence-electron chi connectivity index (χ3n) is 4.82. The fourth-order valence-electron chi connectivity index (χ4n) is 3.27. The summed E-state index contributed by atoms with van der Waals surface area (Å²) in [6.45, 7) is 7.26. The van der Waals surface area contributed by atoms with E-state index in [4.69, 9.17) is 0 Å². The molecule has 0 spiro atoms. The maximum Gasteiger partial charge on any atom is 0.0692 e. The second kappa shape index (κ2) is 8.40. The molecule has 118 valence electrons. The first-order valence-electron chi connectivity index (χ1n) is 8.46. The van der Waals surface area contributed by atoms with Gasteiger partial charge in [-0.25, -0.2) is 0 Å². The van der Waals surface area contributed by atoms with Gasteiger partial charge in [-0.05, 0) is 30.9 Å². The summed E-state index contributed by atoms with van der Waals surface area (Å²) in [6, 6.07) is 11.2. The molecule has 1 unspecified atom stereocenters. The van der Waals surface area contributed by atoms with Gasteiger partial charge in [0.05, 0.1) is 6.10 Å². The number of anilines is 1. The highest BCUT2D eigenvalue weighted by Crippen LogP contribution is 2.20. The summed E-state index contributed by atoms with van der Waals surface area (Å²) in [6.07, 6.45) is 4.24. The molecule has 1 aromatic rings. The van der Waals surface area contributed by atoms with E-state index in [2.05, 4.69) is 54.4 Å². The summed E-state index contributed by atoms with van der Waals surface area (Å²) in [5, 5.41) is 13.8. The number of nitrogens with zero attached hydrogens (tertiary/aromatic N) is 1. The number of piperidine rings is 1. The predicted molar refractivity (Wildman–Crippen MR) is 89.8 cm³/mol. The van der Waals surface area contributed by atoms with E-state index in [1.165, 1.54) is 5.69 Å². The molecule has 1 fully saturated rings.